The summed E-state index contributed by atoms with van der Waals surface area (Å²) in [6.07, 6.45) is 0. The molecule has 0 aliphatic rings. The second kappa shape index (κ2) is 8.85. The minimum atomic E-state index is -0.222. The van der Waals surface area contributed by atoms with Gasteiger partial charge in [-0.3, -0.25) is 4.79 Å². The van der Waals surface area contributed by atoms with Crippen LogP contribution in [0.5, 0.6) is 11.5 Å². The van der Waals surface area contributed by atoms with E-state index < -0.39 is 0 Å². The van der Waals surface area contributed by atoms with Gasteiger partial charge in [0.15, 0.2) is 5.82 Å². The van der Waals surface area contributed by atoms with Crippen LogP contribution in [0.25, 0.3) is 11.4 Å². The van der Waals surface area contributed by atoms with E-state index >= 15 is 0 Å². The molecule has 0 spiro atoms. The number of aromatic nitrogens is 3. The van der Waals surface area contributed by atoms with Crippen LogP contribution in [0.1, 0.15) is 0 Å². The maximum atomic E-state index is 12.2. The predicted molar refractivity (Wildman–Crippen MR) is 110 cm³/mol. The Kier molecular flexibility index (Phi) is 6.27. The summed E-state index contributed by atoms with van der Waals surface area (Å²) in [5.41, 5.74) is 1.37. The molecule has 10 heteroatoms. The highest BCUT2D eigenvalue weighted by atomic mass is 35.5. The Labute approximate surface area is 171 Å². The van der Waals surface area contributed by atoms with Crippen LogP contribution in [-0.4, -0.2) is 40.8 Å². The number of nitrogens with zero attached hydrogens (tertiary/aromatic N) is 3. The van der Waals surface area contributed by atoms with Crippen molar-refractivity contribution in [1.29, 1.82) is 0 Å². The third-order valence-corrected chi connectivity index (χ3v) is 5.02. The Morgan fingerprint density at radius 1 is 1.18 bits per heavy atom. The van der Waals surface area contributed by atoms with E-state index in [9.17, 15) is 4.79 Å². The Bertz CT molecular complexity index is 978. The molecule has 3 N–H and O–H groups in total. The largest absolute Gasteiger partial charge is 0.497 e. The number of carbonyl (C=O) groups is 1. The summed E-state index contributed by atoms with van der Waals surface area (Å²) in [6.45, 7) is 0. The zero-order chi connectivity index (χ0) is 20.1. The summed E-state index contributed by atoms with van der Waals surface area (Å²) in [6, 6.07) is 12.3. The third kappa shape index (κ3) is 4.49. The van der Waals surface area contributed by atoms with E-state index in [2.05, 4.69) is 15.5 Å². The van der Waals surface area contributed by atoms with Crippen molar-refractivity contribution in [3.05, 3.63) is 47.5 Å². The Hall–Kier alpha value is -2.91. The van der Waals surface area contributed by atoms with Crippen molar-refractivity contribution >= 4 is 35.0 Å². The van der Waals surface area contributed by atoms with Crippen LogP contribution in [-0.2, 0) is 4.79 Å². The highest BCUT2D eigenvalue weighted by Crippen LogP contribution is 2.28. The number of rotatable bonds is 7. The summed E-state index contributed by atoms with van der Waals surface area (Å²) in [5.74, 6) is 7.73. The molecule has 146 valence electrons. The molecule has 0 atom stereocenters. The van der Waals surface area contributed by atoms with E-state index in [1.54, 1.807) is 25.3 Å². The number of ether oxygens (including phenoxy) is 2. The summed E-state index contributed by atoms with van der Waals surface area (Å²) < 4.78 is 11.6. The minimum Gasteiger partial charge on any atom is -0.497 e. The number of nitrogens with one attached hydrogen (secondary N) is 1. The van der Waals surface area contributed by atoms with Crippen LogP contribution in [0.2, 0.25) is 5.02 Å². The van der Waals surface area contributed by atoms with Gasteiger partial charge in [0.05, 0.1) is 25.0 Å². The highest BCUT2D eigenvalue weighted by Gasteiger charge is 2.14. The second-order valence-corrected chi connectivity index (χ2v) is 6.94. The van der Waals surface area contributed by atoms with Gasteiger partial charge in [0.1, 0.15) is 11.5 Å². The van der Waals surface area contributed by atoms with Crippen molar-refractivity contribution in [3.63, 3.8) is 0 Å². The molecular weight excluding hydrogens is 402 g/mol. The van der Waals surface area contributed by atoms with E-state index in [1.807, 2.05) is 24.3 Å². The van der Waals surface area contributed by atoms with Gasteiger partial charge in [-0.15, -0.1) is 10.2 Å². The first kappa shape index (κ1) is 19.8. The van der Waals surface area contributed by atoms with Crippen LogP contribution in [0.15, 0.2) is 47.6 Å². The molecule has 1 amide bonds. The van der Waals surface area contributed by atoms with E-state index in [1.165, 1.54) is 23.5 Å². The maximum absolute atomic E-state index is 12.2. The first-order valence-electron chi connectivity index (χ1n) is 8.13. The maximum Gasteiger partial charge on any atom is 0.234 e. The van der Waals surface area contributed by atoms with Gasteiger partial charge in [0.25, 0.3) is 0 Å². The highest BCUT2D eigenvalue weighted by molar-refractivity contribution is 7.99. The number of hydrogen-bond donors (Lipinski definition) is 2. The molecule has 2 aromatic carbocycles. The van der Waals surface area contributed by atoms with Gasteiger partial charge >= 0.3 is 0 Å². The molecule has 0 aliphatic carbocycles. The predicted octanol–water partition coefficient (Wildman–Crippen LogP) is 3.06. The van der Waals surface area contributed by atoms with Gasteiger partial charge in [0, 0.05) is 11.3 Å². The molecule has 0 radical (unpaired) electrons. The lowest BCUT2D eigenvalue weighted by Gasteiger charge is -2.08. The van der Waals surface area contributed by atoms with E-state index in [4.69, 9.17) is 26.9 Å². The Morgan fingerprint density at radius 2 is 1.93 bits per heavy atom. The molecule has 0 saturated carbocycles. The van der Waals surface area contributed by atoms with Crippen molar-refractivity contribution in [2.45, 2.75) is 5.16 Å². The first-order valence-corrected chi connectivity index (χ1v) is 9.49. The summed E-state index contributed by atoms with van der Waals surface area (Å²) >= 11 is 7.24. The average molecular weight is 420 g/mol. The first-order chi connectivity index (χ1) is 13.5. The van der Waals surface area contributed by atoms with Crippen LogP contribution < -0.4 is 20.6 Å². The monoisotopic (exact) mass is 419 g/mol. The molecular formula is C18H18ClN5O3S. The normalized spacial score (nSPS) is 10.5. The number of carbonyl (C=O) groups excluding carboxylic acids is 1. The molecule has 3 rings (SSSR count). The smallest absolute Gasteiger partial charge is 0.234 e. The lowest BCUT2D eigenvalue weighted by Crippen LogP contribution is -2.16. The second-order valence-electron chi connectivity index (χ2n) is 5.59. The number of amides is 1. The zero-order valence-electron chi connectivity index (χ0n) is 15.2. The van der Waals surface area contributed by atoms with E-state index in [0.717, 1.165) is 11.3 Å². The molecule has 1 heterocycles. The SMILES string of the molecule is COc1ccc(-c2nnc(SCC(=O)Nc3ccc(OC)c(Cl)c3)n2N)cc1. The van der Waals surface area contributed by atoms with Gasteiger partial charge < -0.3 is 20.6 Å². The van der Waals surface area contributed by atoms with Crippen LogP contribution in [0.4, 0.5) is 5.69 Å². The van der Waals surface area contributed by atoms with E-state index in [0.29, 0.717) is 27.4 Å². The number of anilines is 1. The number of halogens is 1. The van der Waals surface area contributed by atoms with Crippen molar-refractivity contribution in [1.82, 2.24) is 14.9 Å². The molecule has 0 fully saturated rings. The Morgan fingerprint density at radius 3 is 2.57 bits per heavy atom. The zero-order valence-corrected chi connectivity index (χ0v) is 16.8. The Balaban J connectivity index is 1.62. The number of benzene rings is 2. The van der Waals surface area contributed by atoms with Crippen LogP contribution in [0, 0.1) is 0 Å². The average Bonchev–Trinajstić information content (AvgIpc) is 3.07. The molecule has 0 bridgehead atoms. The summed E-state index contributed by atoms with van der Waals surface area (Å²) in [4.78, 5) is 12.2. The molecule has 28 heavy (non-hydrogen) atoms. The molecule has 0 unspecified atom stereocenters. The van der Waals surface area contributed by atoms with Crippen molar-refractivity contribution < 1.29 is 14.3 Å². The lowest BCUT2D eigenvalue weighted by molar-refractivity contribution is -0.113. The lowest BCUT2D eigenvalue weighted by atomic mass is 10.2. The topological polar surface area (TPSA) is 104 Å². The number of nitrogen functional groups attached to an aromatic ring is 1. The van der Waals surface area contributed by atoms with Crippen LogP contribution >= 0.6 is 23.4 Å². The minimum absolute atomic E-state index is 0.113. The van der Waals surface area contributed by atoms with Crippen molar-refractivity contribution in [2.24, 2.45) is 0 Å². The fourth-order valence-corrected chi connectivity index (χ4v) is 3.30. The molecule has 1 aromatic heterocycles. The van der Waals surface area contributed by atoms with Gasteiger partial charge in [-0.25, -0.2) is 4.68 Å². The van der Waals surface area contributed by atoms with Crippen LogP contribution in [0.3, 0.4) is 0 Å². The molecule has 3 aromatic rings. The number of nitrogens with two attached hydrogens (primary N) is 1. The molecule has 0 saturated heterocycles. The van der Waals surface area contributed by atoms with Gasteiger partial charge in [0.2, 0.25) is 11.1 Å². The molecule has 8 nitrogen and oxygen atoms in total. The fraction of sp³-hybridized carbons (Fsp3) is 0.167. The van der Waals surface area contributed by atoms with Gasteiger partial charge in [-0.2, -0.15) is 0 Å². The summed E-state index contributed by atoms with van der Waals surface area (Å²) in [5, 5.41) is 11.8. The number of hydrogen-bond acceptors (Lipinski definition) is 7. The summed E-state index contributed by atoms with van der Waals surface area (Å²) in [7, 11) is 3.12. The van der Waals surface area contributed by atoms with Gasteiger partial charge in [-0.1, -0.05) is 23.4 Å². The van der Waals surface area contributed by atoms with Crippen molar-refractivity contribution in [3.8, 4) is 22.9 Å². The van der Waals surface area contributed by atoms with E-state index in [-0.39, 0.29) is 11.7 Å². The quantitative estimate of drug-likeness (QED) is 0.448. The number of thioether (sulfide) groups is 1. The molecule has 0 aliphatic heterocycles. The number of methoxy groups -OCH3 is 2. The van der Waals surface area contributed by atoms with Gasteiger partial charge in [-0.05, 0) is 42.5 Å². The van der Waals surface area contributed by atoms with Crippen molar-refractivity contribution in [2.75, 3.05) is 31.1 Å². The third-order valence-electron chi connectivity index (χ3n) is 3.78. The fourth-order valence-electron chi connectivity index (χ4n) is 2.38. The standard InChI is InChI=1S/C18H18ClN5O3S/c1-26-13-6-3-11(4-7-13)17-22-23-18(24(17)20)28-10-16(25)21-12-5-8-15(27-2)14(19)9-12/h3-9H,10,20H2,1-2H3,(H,21,25).